The summed E-state index contributed by atoms with van der Waals surface area (Å²) in [6, 6.07) is 5.81. The van der Waals surface area contributed by atoms with Crippen LogP contribution in [0.3, 0.4) is 0 Å². The number of rotatable bonds is 5. The van der Waals surface area contributed by atoms with Gasteiger partial charge in [0.2, 0.25) is 0 Å². The van der Waals surface area contributed by atoms with Crippen molar-refractivity contribution in [3.05, 3.63) is 28.2 Å². The summed E-state index contributed by atoms with van der Waals surface area (Å²) < 4.78 is 6.71. The molecule has 1 saturated heterocycles. The Kier molecular flexibility index (Phi) is 6.51. The van der Waals surface area contributed by atoms with Crippen LogP contribution >= 0.6 is 15.9 Å². The summed E-state index contributed by atoms with van der Waals surface area (Å²) in [7, 11) is 1.91. The third-order valence-electron chi connectivity index (χ3n) is 3.71. The quantitative estimate of drug-likeness (QED) is 0.883. The summed E-state index contributed by atoms with van der Waals surface area (Å²) in [5, 5.41) is 3.11. The van der Waals surface area contributed by atoms with E-state index >= 15 is 0 Å². The summed E-state index contributed by atoms with van der Waals surface area (Å²) in [5.74, 6) is 0.835. The third-order valence-corrected chi connectivity index (χ3v) is 4.48. The molecule has 0 saturated carbocycles. The van der Waals surface area contributed by atoms with E-state index in [1.807, 2.05) is 30.1 Å². The average Bonchev–Trinajstić information content (AvgIpc) is 2.77. The molecule has 1 N–H and O–H groups in total. The van der Waals surface area contributed by atoms with Crippen LogP contribution in [0.2, 0.25) is 0 Å². The van der Waals surface area contributed by atoms with Gasteiger partial charge in [-0.05, 0) is 43.7 Å². The Morgan fingerprint density at radius 2 is 2.00 bits per heavy atom. The number of amides is 1. The maximum Gasteiger partial charge on any atom is 0.260 e. The van der Waals surface area contributed by atoms with E-state index in [9.17, 15) is 4.79 Å². The van der Waals surface area contributed by atoms with Crippen LogP contribution in [0.4, 0.5) is 0 Å². The number of benzene rings is 1. The number of nitrogens with zero attached hydrogens (tertiary/aromatic N) is 1. The highest BCUT2D eigenvalue weighted by atomic mass is 79.9. The largest absolute Gasteiger partial charge is 0.484 e. The van der Waals surface area contributed by atoms with Crippen molar-refractivity contribution >= 4 is 21.8 Å². The van der Waals surface area contributed by atoms with Gasteiger partial charge in [0, 0.05) is 24.1 Å². The number of likely N-dealkylation sites (tertiary alicyclic amines) is 1. The van der Waals surface area contributed by atoms with Crippen molar-refractivity contribution < 1.29 is 9.53 Å². The van der Waals surface area contributed by atoms with E-state index in [1.165, 1.54) is 12.8 Å². The van der Waals surface area contributed by atoms with Crippen LogP contribution in [0.1, 0.15) is 31.2 Å². The summed E-state index contributed by atoms with van der Waals surface area (Å²) in [4.78, 5) is 14.1. The maximum absolute atomic E-state index is 12.2. The van der Waals surface area contributed by atoms with Gasteiger partial charge in [0.05, 0.1) is 0 Å². The fourth-order valence-corrected chi connectivity index (χ4v) is 2.91. The molecule has 1 amide bonds. The van der Waals surface area contributed by atoms with Gasteiger partial charge in [0.15, 0.2) is 6.61 Å². The van der Waals surface area contributed by atoms with Crippen LogP contribution in [-0.2, 0) is 11.3 Å². The molecule has 1 fully saturated rings. The molecule has 4 nitrogen and oxygen atoms in total. The zero-order valence-electron chi connectivity index (χ0n) is 12.5. The van der Waals surface area contributed by atoms with Crippen LogP contribution in [0.5, 0.6) is 5.75 Å². The summed E-state index contributed by atoms with van der Waals surface area (Å²) in [6.07, 6.45) is 4.67. The van der Waals surface area contributed by atoms with E-state index in [0.717, 1.165) is 48.3 Å². The lowest BCUT2D eigenvalue weighted by molar-refractivity contribution is -0.133. The summed E-state index contributed by atoms with van der Waals surface area (Å²) in [6.45, 7) is 2.62. The first-order chi connectivity index (χ1) is 10.2. The minimum absolute atomic E-state index is 0.0926. The molecule has 0 aromatic heterocycles. The van der Waals surface area contributed by atoms with Gasteiger partial charge >= 0.3 is 0 Å². The van der Waals surface area contributed by atoms with Gasteiger partial charge in [-0.15, -0.1) is 0 Å². The molecule has 0 atom stereocenters. The Morgan fingerprint density at radius 1 is 1.29 bits per heavy atom. The second kappa shape index (κ2) is 8.39. The van der Waals surface area contributed by atoms with Crippen LogP contribution in [0.25, 0.3) is 0 Å². The van der Waals surface area contributed by atoms with Gasteiger partial charge in [0.1, 0.15) is 5.75 Å². The molecule has 5 heteroatoms. The zero-order valence-corrected chi connectivity index (χ0v) is 14.1. The van der Waals surface area contributed by atoms with Crippen LogP contribution < -0.4 is 10.1 Å². The van der Waals surface area contributed by atoms with Gasteiger partial charge in [-0.1, -0.05) is 28.8 Å². The average molecular weight is 355 g/mol. The van der Waals surface area contributed by atoms with E-state index in [0.29, 0.717) is 0 Å². The van der Waals surface area contributed by atoms with Crippen LogP contribution in [0, 0.1) is 0 Å². The molecular weight excluding hydrogens is 332 g/mol. The third kappa shape index (κ3) is 5.00. The molecular formula is C16H23BrN2O2. The number of halogens is 1. The van der Waals surface area contributed by atoms with Gasteiger partial charge in [-0.25, -0.2) is 0 Å². The second-order valence-corrected chi connectivity index (χ2v) is 6.22. The van der Waals surface area contributed by atoms with E-state index in [2.05, 4.69) is 21.2 Å². The lowest BCUT2D eigenvalue weighted by atomic mass is 10.2. The van der Waals surface area contributed by atoms with Gasteiger partial charge in [-0.3, -0.25) is 4.79 Å². The molecule has 0 bridgehead atoms. The molecule has 21 heavy (non-hydrogen) atoms. The highest BCUT2D eigenvalue weighted by molar-refractivity contribution is 9.10. The topological polar surface area (TPSA) is 41.6 Å². The Labute approximate surface area is 135 Å². The SMILES string of the molecule is CNCc1cc(OCC(=O)N2CCCCCC2)ccc1Br. The standard InChI is InChI=1S/C16H23BrN2O2/c1-18-11-13-10-14(6-7-15(13)17)21-12-16(20)19-8-4-2-3-5-9-19/h6-7,10,18H,2-5,8-9,11-12H2,1H3. The van der Waals surface area contributed by atoms with Gasteiger partial charge in [-0.2, -0.15) is 0 Å². The molecule has 1 aromatic rings. The number of hydrogen-bond donors (Lipinski definition) is 1. The molecule has 0 aliphatic carbocycles. The molecule has 2 rings (SSSR count). The van der Waals surface area contributed by atoms with Crippen molar-refractivity contribution in [2.45, 2.75) is 32.2 Å². The van der Waals surface area contributed by atoms with Crippen molar-refractivity contribution in [2.75, 3.05) is 26.7 Å². The van der Waals surface area contributed by atoms with Crippen molar-refractivity contribution in [3.63, 3.8) is 0 Å². The van der Waals surface area contributed by atoms with E-state index < -0.39 is 0 Å². The van der Waals surface area contributed by atoms with Crippen molar-refractivity contribution in [3.8, 4) is 5.75 Å². The Morgan fingerprint density at radius 3 is 2.67 bits per heavy atom. The highest BCUT2D eigenvalue weighted by Gasteiger charge is 2.16. The molecule has 1 heterocycles. The Bertz CT molecular complexity index is 471. The van der Waals surface area contributed by atoms with E-state index in [1.54, 1.807) is 0 Å². The number of carbonyl (C=O) groups excluding carboxylic acids is 1. The molecule has 1 aliphatic heterocycles. The predicted molar refractivity (Wildman–Crippen MR) is 87.4 cm³/mol. The van der Waals surface area contributed by atoms with Crippen molar-refractivity contribution in [1.82, 2.24) is 10.2 Å². The van der Waals surface area contributed by atoms with E-state index in [4.69, 9.17) is 4.74 Å². The van der Waals surface area contributed by atoms with Crippen LogP contribution in [-0.4, -0.2) is 37.6 Å². The summed E-state index contributed by atoms with van der Waals surface area (Å²) >= 11 is 3.51. The number of ether oxygens (including phenoxy) is 1. The monoisotopic (exact) mass is 354 g/mol. The second-order valence-electron chi connectivity index (χ2n) is 5.37. The Hall–Kier alpha value is -1.07. The maximum atomic E-state index is 12.2. The molecule has 0 spiro atoms. The van der Waals surface area contributed by atoms with Gasteiger partial charge in [0.25, 0.3) is 5.91 Å². The predicted octanol–water partition coefficient (Wildman–Crippen LogP) is 2.95. The zero-order chi connectivity index (χ0) is 15.1. The summed E-state index contributed by atoms with van der Waals surface area (Å²) in [5.41, 5.74) is 1.12. The fourth-order valence-electron chi connectivity index (χ4n) is 2.52. The number of hydrogen-bond acceptors (Lipinski definition) is 3. The number of nitrogens with one attached hydrogen (secondary N) is 1. The molecule has 1 aliphatic rings. The highest BCUT2D eigenvalue weighted by Crippen LogP contribution is 2.22. The normalized spacial score (nSPS) is 15.6. The first-order valence-electron chi connectivity index (χ1n) is 7.54. The lowest BCUT2D eigenvalue weighted by Gasteiger charge is -2.20. The minimum atomic E-state index is 0.0926. The molecule has 0 radical (unpaired) electrons. The van der Waals surface area contributed by atoms with Crippen molar-refractivity contribution in [2.24, 2.45) is 0 Å². The lowest BCUT2D eigenvalue weighted by Crippen LogP contribution is -2.35. The molecule has 1 aromatic carbocycles. The van der Waals surface area contributed by atoms with Gasteiger partial charge < -0.3 is 15.0 Å². The molecule has 116 valence electrons. The van der Waals surface area contributed by atoms with Crippen molar-refractivity contribution in [1.29, 1.82) is 0 Å². The first kappa shape index (κ1) is 16.3. The smallest absolute Gasteiger partial charge is 0.260 e. The fraction of sp³-hybridized carbons (Fsp3) is 0.562. The van der Waals surface area contributed by atoms with E-state index in [-0.39, 0.29) is 12.5 Å². The Balaban J connectivity index is 1.89. The van der Waals surface area contributed by atoms with Crippen LogP contribution in [0.15, 0.2) is 22.7 Å². The molecule has 0 unspecified atom stereocenters. The first-order valence-corrected chi connectivity index (χ1v) is 8.33. The number of carbonyl (C=O) groups is 1. The minimum Gasteiger partial charge on any atom is -0.484 e.